The van der Waals surface area contributed by atoms with Gasteiger partial charge in [-0.3, -0.25) is 0 Å². The first kappa shape index (κ1) is 15.1. The van der Waals surface area contributed by atoms with E-state index in [0.29, 0.717) is 0 Å². The molecule has 102 valence electrons. The molecule has 0 unspecified atom stereocenters. The molecule has 0 bridgehead atoms. The minimum Gasteiger partial charge on any atom is -0.379 e. The molecule has 0 aliphatic heterocycles. The third-order valence-corrected chi connectivity index (χ3v) is 2.51. The van der Waals surface area contributed by atoms with Gasteiger partial charge in [0.25, 0.3) is 0 Å². The van der Waals surface area contributed by atoms with Crippen LogP contribution in [0.1, 0.15) is 5.56 Å². The standard InChI is InChI=1S/C11H13ClF3NO2/c1-17-10(18-2)6-16-9-4-3-7(12)5-8(9)11(13,14)15/h3-5,10,16H,6H2,1-2H3. The van der Waals surface area contributed by atoms with Gasteiger partial charge in [0.05, 0.1) is 12.1 Å². The van der Waals surface area contributed by atoms with Crippen molar-refractivity contribution in [3.05, 3.63) is 28.8 Å². The van der Waals surface area contributed by atoms with Gasteiger partial charge in [-0.05, 0) is 18.2 Å². The van der Waals surface area contributed by atoms with Crippen LogP contribution >= 0.6 is 11.6 Å². The smallest absolute Gasteiger partial charge is 0.379 e. The number of alkyl halides is 3. The monoisotopic (exact) mass is 283 g/mol. The molecule has 0 radical (unpaired) electrons. The maximum absolute atomic E-state index is 12.8. The van der Waals surface area contributed by atoms with E-state index in [-0.39, 0.29) is 17.3 Å². The van der Waals surface area contributed by atoms with E-state index in [1.54, 1.807) is 0 Å². The summed E-state index contributed by atoms with van der Waals surface area (Å²) < 4.78 is 48.0. The van der Waals surface area contributed by atoms with Gasteiger partial charge in [0.1, 0.15) is 0 Å². The molecule has 0 fully saturated rings. The summed E-state index contributed by atoms with van der Waals surface area (Å²) >= 11 is 5.56. The topological polar surface area (TPSA) is 30.5 Å². The summed E-state index contributed by atoms with van der Waals surface area (Å²) in [6.07, 6.45) is -5.09. The van der Waals surface area contributed by atoms with Crippen LogP contribution in [0.5, 0.6) is 0 Å². The quantitative estimate of drug-likeness (QED) is 0.840. The fourth-order valence-electron chi connectivity index (χ4n) is 1.36. The molecule has 0 saturated carbocycles. The Kier molecular flexibility index (Phi) is 5.25. The van der Waals surface area contributed by atoms with Crippen LogP contribution in [0.25, 0.3) is 0 Å². The number of hydrogen-bond acceptors (Lipinski definition) is 3. The summed E-state index contributed by atoms with van der Waals surface area (Å²) in [5, 5.41) is 2.65. The van der Waals surface area contributed by atoms with E-state index in [1.807, 2.05) is 0 Å². The zero-order chi connectivity index (χ0) is 13.8. The van der Waals surface area contributed by atoms with Gasteiger partial charge in [0.15, 0.2) is 6.29 Å². The maximum atomic E-state index is 12.8. The summed E-state index contributed by atoms with van der Waals surface area (Å²) in [5.74, 6) is 0. The molecule has 7 heteroatoms. The summed E-state index contributed by atoms with van der Waals surface area (Å²) in [6.45, 7) is 0.0950. The van der Waals surface area contributed by atoms with Crippen LogP contribution in [0.4, 0.5) is 18.9 Å². The molecule has 0 atom stereocenters. The Balaban J connectivity index is 2.88. The van der Waals surface area contributed by atoms with Crippen molar-refractivity contribution in [1.82, 2.24) is 0 Å². The van der Waals surface area contributed by atoms with Crippen LogP contribution < -0.4 is 5.32 Å². The normalized spacial score (nSPS) is 11.9. The molecule has 0 aliphatic rings. The van der Waals surface area contributed by atoms with Crippen molar-refractivity contribution in [3.8, 4) is 0 Å². The minimum absolute atomic E-state index is 0.0305. The average molecular weight is 284 g/mol. The van der Waals surface area contributed by atoms with Gasteiger partial charge in [-0.25, -0.2) is 0 Å². The van der Waals surface area contributed by atoms with E-state index in [4.69, 9.17) is 21.1 Å². The van der Waals surface area contributed by atoms with Crippen molar-refractivity contribution in [2.24, 2.45) is 0 Å². The predicted octanol–water partition coefficient (Wildman–Crippen LogP) is 3.39. The lowest BCUT2D eigenvalue weighted by atomic mass is 10.1. The van der Waals surface area contributed by atoms with Gasteiger partial charge < -0.3 is 14.8 Å². The number of rotatable bonds is 5. The van der Waals surface area contributed by atoms with Crippen molar-refractivity contribution < 1.29 is 22.6 Å². The molecular weight excluding hydrogens is 271 g/mol. The first-order valence-electron chi connectivity index (χ1n) is 5.04. The summed E-state index contributed by atoms with van der Waals surface area (Å²) in [6, 6.07) is 3.53. The number of benzene rings is 1. The van der Waals surface area contributed by atoms with Gasteiger partial charge in [-0.1, -0.05) is 11.6 Å². The molecule has 0 aromatic heterocycles. The Bertz CT molecular complexity index is 394. The van der Waals surface area contributed by atoms with Gasteiger partial charge in [-0.15, -0.1) is 0 Å². The Hall–Kier alpha value is -0.980. The molecule has 1 aromatic rings. The Labute approximate surface area is 108 Å². The third kappa shape index (κ3) is 4.04. The van der Waals surface area contributed by atoms with Crippen molar-refractivity contribution in [1.29, 1.82) is 0 Å². The van der Waals surface area contributed by atoms with Crippen LogP contribution in [-0.2, 0) is 15.7 Å². The summed E-state index contributed by atoms with van der Waals surface area (Å²) in [4.78, 5) is 0. The highest BCUT2D eigenvalue weighted by Crippen LogP contribution is 2.36. The Morgan fingerprint density at radius 3 is 2.39 bits per heavy atom. The summed E-state index contributed by atoms with van der Waals surface area (Å²) in [5.41, 5.74) is -0.882. The predicted molar refractivity (Wildman–Crippen MR) is 62.7 cm³/mol. The van der Waals surface area contributed by atoms with Crippen LogP contribution in [0.3, 0.4) is 0 Å². The summed E-state index contributed by atoms with van der Waals surface area (Å²) in [7, 11) is 2.81. The van der Waals surface area contributed by atoms with E-state index >= 15 is 0 Å². The lowest BCUT2D eigenvalue weighted by Crippen LogP contribution is -2.24. The van der Waals surface area contributed by atoms with E-state index in [0.717, 1.165) is 6.07 Å². The van der Waals surface area contributed by atoms with Gasteiger partial charge in [0, 0.05) is 24.9 Å². The molecule has 0 saturated heterocycles. The van der Waals surface area contributed by atoms with Crippen molar-refractivity contribution in [2.75, 3.05) is 26.1 Å². The molecular formula is C11H13ClF3NO2. The molecule has 1 rings (SSSR count). The molecule has 3 nitrogen and oxygen atoms in total. The number of methoxy groups -OCH3 is 2. The molecule has 0 spiro atoms. The number of ether oxygens (including phenoxy) is 2. The van der Waals surface area contributed by atoms with Gasteiger partial charge in [0.2, 0.25) is 0 Å². The Morgan fingerprint density at radius 2 is 1.89 bits per heavy atom. The van der Waals surface area contributed by atoms with E-state index in [2.05, 4.69) is 5.32 Å². The molecule has 0 aliphatic carbocycles. The highest BCUT2D eigenvalue weighted by atomic mass is 35.5. The zero-order valence-corrected chi connectivity index (χ0v) is 10.6. The number of anilines is 1. The number of nitrogens with one attached hydrogen (secondary N) is 1. The maximum Gasteiger partial charge on any atom is 0.418 e. The lowest BCUT2D eigenvalue weighted by molar-refractivity contribution is -0.137. The fraction of sp³-hybridized carbons (Fsp3) is 0.455. The second kappa shape index (κ2) is 6.26. The van der Waals surface area contributed by atoms with Crippen LogP contribution in [-0.4, -0.2) is 27.1 Å². The van der Waals surface area contributed by atoms with Crippen molar-refractivity contribution in [2.45, 2.75) is 12.5 Å². The molecule has 18 heavy (non-hydrogen) atoms. The highest BCUT2D eigenvalue weighted by Gasteiger charge is 2.33. The van der Waals surface area contributed by atoms with Crippen LogP contribution in [0.2, 0.25) is 5.02 Å². The van der Waals surface area contributed by atoms with Gasteiger partial charge >= 0.3 is 6.18 Å². The third-order valence-electron chi connectivity index (χ3n) is 2.27. The zero-order valence-electron chi connectivity index (χ0n) is 9.84. The van der Waals surface area contributed by atoms with Crippen LogP contribution in [0, 0.1) is 0 Å². The first-order valence-corrected chi connectivity index (χ1v) is 5.42. The Morgan fingerprint density at radius 1 is 1.28 bits per heavy atom. The van der Waals surface area contributed by atoms with E-state index in [9.17, 15) is 13.2 Å². The van der Waals surface area contributed by atoms with E-state index < -0.39 is 18.0 Å². The van der Waals surface area contributed by atoms with E-state index in [1.165, 1.54) is 26.4 Å². The fourth-order valence-corrected chi connectivity index (χ4v) is 1.53. The van der Waals surface area contributed by atoms with Crippen molar-refractivity contribution >= 4 is 17.3 Å². The number of hydrogen-bond donors (Lipinski definition) is 1. The first-order chi connectivity index (χ1) is 8.38. The SMILES string of the molecule is COC(CNc1ccc(Cl)cc1C(F)(F)F)OC. The molecule has 1 N–H and O–H groups in total. The van der Waals surface area contributed by atoms with Crippen LogP contribution in [0.15, 0.2) is 18.2 Å². The minimum atomic E-state index is -4.47. The lowest BCUT2D eigenvalue weighted by Gasteiger charge is -2.18. The number of halogens is 4. The van der Waals surface area contributed by atoms with Crippen molar-refractivity contribution in [3.63, 3.8) is 0 Å². The second-order valence-corrected chi connectivity index (χ2v) is 3.91. The van der Waals surface area contributed by atoms with Gasteiger partial charge in [-0.2, -0.15) is 13.2 Å². The second-order valence-electron chi connectivity index (χ2n) is 3.47. The molecule has 0 heterocycles. The largest absolute Gasteiger partial charge is 0.418 e. The highest BCUT2D eigenvalue weighted by molar-refractivity contribution is 6.30. The molecule has 1 aromatic carbocycles. The molecule has 0 amide bonds. The average Bonchev–Trinajstić information content (AvgIpc) is 2.30.